The molecule has 9 heteroatoms. The Morgan fingerprint density at radius 3 is 2.75 bits per heavy atom. The average molecular weight is 498 g/mol. The summed E-state index contributed by atoms with van der Waals surface area (Å²) in [5.41, 5.74) is 1.34. The number of amides is 4. The van der Waals surface area contributed by atoms with E-state index in [1.165, 1.54) is 25.0 Å². The van der Waals surface area contributed by atoms with Crippen LogP contribution in [0.1, 0.15) is 51.0 Å². The van der Waals surface area contributed by atoms with E-state index in [4.69, 9.17) is 4.74 Å². The van der Waals surface area contributed by atoms with Crippen LogP contribution in [0.5, 0.6) is 5.88 Å². The van der Waals surface area contributed by atoms with Crippen molar-refractivity contribution >= 4 is 17.7 Å². The van der Waals surface area contributed by atoms with Gasteiger partial charge in [-0.3, -0.25) is 0 Å². The predicted octanol–water partition coefficient (Wildman–Crippen LogP) is 4.92. The molecule has 2 fully saturated rings. The van der Waals surface area contributed by atoms with E-state index < -0.39 is 5.82 Å². The molecule has 1 saturated heterocycles. The number of ether oxygens (including phenoxy) is 1. The SMILES string of the molecule is CC1CCC(Oc2cc(CNC(=O)N3CCCC(CNC(=O)Nc4cccc(F)c4)C3)ccn2)CC1. The van der Waals surface area contributed by atoms with Crippen molar-refractivity contribution in [3.8, 4) is 5.88 Å². The second-order valence-corrected chi connectivity index (χ2v) is 9.96. The molecular weight excluding hydrogens is 461 g/mol. The van der Waals surface area contributed by atoms with Gasteiger partial charge in [-0.1, -0.05) is 13.0 Å². The molecule has 2 aromatic rings. The van der Waals surface area contributed by atoms with Gasteiger partial charge >= 0.3 is 12.1 Å². The number of carbonyl (C=O) groups excluding carboxylic acids is 2. The topological polar surface area (TPSA) is 95.6 Å². The third kappa shape index (κ3) is 7.83. The smallest absolute Gasteiger partial charge is 0.319 e. The van der Waals surface area contributed by atoms with Crippen molar-refractivity contribution in [3.63, 3.8) is 0 Å². The number of urea groups is 2. The highest BCUT2D eigenvalue weighted by molar-refractivity contribution is 5.89. The maximum Gasteiger partial charge on any atom is 0.319 e. The summed E-state index contributed by atoms with van der Waals surface area (Å²) in [6.45, 7) is 4.37. The van der Waals surface area contributed by atoms with Gasteiger partial charge in [0.1, 0.15) is 11.9 Å². The van der Waals surface area contributed by atoms with E-state index >= 15 is 0 Å². The Bertz CT molecular complexity index is 1030. The van der Waals surface area contributed by atoms with Crippen molar-refractivity contribution in [1.29, 1.82) is 0 Å². The molecule has 1 aliphatic carbocycles. The number of benzene rings is 1. The molecule has 1 aliphatic heterocycles. The summed E-state index contributed by atoms with van der Waals surface area (Å²) in [6, 6.07) is 9.03. The summed E-state index contributed by atoms with van der Waals surface area (Å²) < 4.78 is 19.4. The van der Waals surface area contributed by atoms with Crippen LogP contribution in [0.4, 0.5) is 19.7 Å². The lowest BCUT2D eigenvalue weighted by Crippen LogP contribution is -2.47. The predicted molar refractivity (Wildman–Crippen MR) is 136 cm³/mol. The highest BCUT2D eigenvalue weighted by Gasteiger charge is 2.24. The van der Waals surface area contributed by atoms with E-state index in [-0.39, 0.29) is 24.1 Å². The van der Waals surface area contributed by atoms with E-state index in [2.05, 4.69) is 27.9 Å². The summed E-state index contributed by atoms with van der Waals surface area (Å²) >= 11 is 0. The second kappa shape index (κ2) is 12.6. The van der Waals surface area contributed by atoms with Crippen LogP contribution in [0.25, 0.3) is 0 Å². The van der Waals surface area contributed by atoms with Crippen molar-refractivity contribution < 1.29 is 18.7 Å². The van der Waals surface area contributed by atoms with Crippen LogP contribution in [-0.2, 0) is 6.54 Å². The van der Waals surface area contributed by atoms with Gasteiger partial charge in [0, 0.05) is 44.1 Å². The summed E-state index contributed by atoms with van der Waals surface area (Å²) in [5.74, 6) is 1.13. The fraction of sp³-hybridized carbons (Fsp3) is 0.519. The molecule has 8 nitrogen and oxygen atoms in total. The Labute approximate surface area is 212 Å². The number of nitrogens with zero attached hydrogens (tertiary/aromatic N) is 2. The normalized spacial score (nSPS) is 21.9. The standard InChI is InChI=1S/C27H36FN5O3/c1-19-7-9-24(10-8-19)36-25-14-20(11-12-29-25)16-31-27(35)33-13-3-4-21(18-33)17-30-26(34)32-23-6-2-5-22(28)15-23/h2,5-6,11-12,14-15,19,21,24H,3-4,7-10,13,16-18H2,1H3,(H,31,35)(H2,30,32,34). The Hall–Kier alpha value is -3.36. The largest absolute Gasteiger partial charge is 0.474 e. The van der Waals surface area contributed by atoms with E-state index in [0.717, 1.165) is 37.2 Å². The number of hydrogen-bond donors (Lipinski definition) is 3. The van der Waals surface area contributed by atoms with Crippen LogP contribution < -0.4 is 20.7 Å². The minimum atomic E-state index is -0.406. The first-order chi connectivity index (χ1) is 17.4. The third-order valence-electron chi connectivity index (χ3n) is 6.93. The summed E-state index contributed by atoms with van der Waals surface area (Å²) in [7, 11) is 0. The zero-order valence-electron chi connectivity index (χ0n) is 20.8. The van der Waals surface area contributed by atoms with Crippen LogP contribution in [0.2, 0.25) is 0 Å². The minimum absolute atomic E-state index is 0.121. The van der Waals surface area contributed by atoms with E-state index in [9.17, 15) is 14.0 Å². The molecule has 4 amide bonds. The first kappa shape index (κ1) is 25.7. The molecule has 194 valence electrons. The van der Waals surface area contributed by atoms with Crippen LogP contribution in [0.3, 0.4) is 0 Å². The number of halogens is 1. The number of piperidine rings is 1. The fourth-order valence-corrected chi connectivity index (χ4v) is 4.83. The van der Waals surface area contributed by atoms with Crippen LogP contribution in [-0.4, -0.2) is 47.7 Å². The molecular formula is C27H36FN5O3. The number of pyridine rings is 1. The van der Waals surface area contributed by atoms with Gasteiger partial charge in [-0.2, -0.15) is 0 Å². The Balaban J connectivity index is 1.19. The van der Waals surface area contributed by atoms with Crippen molar-refractivity contribution in [2.24, 2.45) is 11.8 Å². The molecule has 0 bridgehead atoms. The molecule has 4 rings (SSSR count). The third-order valence-corrected chi connectivity index (χ3v) is 6.93. The Morgan fingerprint density at radius 2 is 1.94 bits per heavy atom. The van der Waals surface area contributed by atoms with Crippen LogP contribution in [0, 0.1) is 17.7 Å². The number of anilines is 1. The van der Waals surface area contributed by atoms with E-state index in [1.807, 2.05) is 12.1 Å². The van der Waals surface area contributed by atoms with Gasteiger partial charge in [-0.05, 0) is 80.2 Å². The molecule has 2 heterocycles. The molecule has 1 saturated carbocycles. The van der Waals surface area contributed by atoms with Gasteiger partial charge in [-0.15, -0.1) is 0 Å². The van der Waals surface area contributed by atoms with Crippen LogP contribution >= 0.6 is 0 Å². The molecule has 0 radical (unpaired) electrons. The fourth-order valence-electron chi connectivity index (χ4n) is 4.83. The van der Waals surface area contributed by atoms with Gasteiger partial charge < -0.3 is 25.6 Å². The Kier molecular flexibility index (Phi) is 8.97. The lowest BCUT2D eigenvalue weighted by atomic mass is 9.89. The molecule has 1 unspecified atom stereocenters. The first-order valence-electron chi connectivity index (χ1n) is 12.9. The minimum Gasteiger partial charge on any atom is -0.474 e. The summed E-state index contributed by atoms with van der Waals surface area (Å²) in [6.07, 6.45) is 8.22. The number of nitrogens with one attached hydrogen (secondary N) is 3. The molecule has 2 aliphatic rings. The highest BCUT2D eigenvalue weighted by atomic mass is 19.1. The van der Waals surface area contributed by atoms with E-state index in [0.29, 0.717) is 37.7 Å². The summed E-state index contributed by atoms with van der Waals surface area (Å²) in [5, 5.41) is 8.45. The van der Waals surface area contributed by atoms with Gasteiger partial charge in [0.05, 0.1) is 0 Å². The van der Waals surface area contributed by atoms with Crippen LogP contribution in [0.15, 0.2) is 42.6 Å². The molecule has 1 aromatic carbocycles. The first-order valence-corrected chi connectivity index (χ1v) is 12.9. The molecule has 36 heavy (non-hydrogen) atoms. The number of carbonyl (C=O) groups is 2. The quantitative estimate of drug-likeness (QED) is 0.506. The Morgan fingerprint density at radius 1 is 1.11 bits per heavy atom. The molecule has 0 spiro atoms. The highest BCUT2D eigenvalue weighted by Crippen LogP contribution is 2.26. The average Bonchev–Trinajstić information content (AvgIpc) is 2.88. The second-order valence-electron chi connectivity index (χ2n) is 9.96. The maximum atomic E-state index is 13.3. The zero-order chi connectivity index (χ0) is 25.3. The van der Waals surface area contributed by atoms with E-state index in [1.54, 1.807) is 23.2 Å². The maximum absolute atomic E-state index is 13.3. The molecule has 1 aromatic heterocycles. The van der Waals surface area contributed by atoms with Gasteiger partial charge in [0.2, 0.25) is 5.88 Å². The van der Waals surface area contributed by atoms with Crippen molar-refractivity contribution in [3.05, 3.63) is 54.0 Å². The van der Waals surface area contributed by atoms with Gasteiger partial charge in [0.15, 0.2) is 0 Å². The number of rotatable bonds is 7. The summed E-state index contributed by atoms with van der Waals surface area (Å²) in [4.78, 5) is 31.1. The number of aromatic nitrogens is 1. The van der Waals surface area contributed by atoms with Crippen molar-refractivity contribution in [2.45, 2.75) is 58.1 Å². The lowest BCUT2D eigenvalue weighted by molar-refractivity contribution is 0.130. The number of likely N-dealkylation sites (tertiary alicyclic amines) is 1. The zero-order valence-corrected chi connectivity index (χ0v) is 20.8. The molecule has 3 N–H and O–H groups in total. The van der Waals surface area contributed by atoms with Crippen molar-refractivity contribution in [2.75, 3.05) is 25.0 Å². The van der Waals surface area contributed by atoms with Gasteiger partial charge in [-0.25, -0.2) is 19.0 Å². The van der Waals surface area contributed by atoms with Crippen molar-refractivity contribution in [1.82, 2.24) is 20.5 Å². The number of hydrogen-bond acceptors (Lipinski definition) is 4. The lowest BCUT2D eigenvalue weighted by Gasteiger charge is -2.33. The molecule has 1 atom stereocenters. The monoisotopic (exact) mass is 497 g/mol. The van der Waals surface area contributed by atoms with Gasteiger partial charge in [0.25, 0.3) is 0 Å².